The monoisotopic (exact) mass is 339 g/mol. The molecule has 0 saturated carbocycles. The van der Waals surface area contributed by atoms with Crippen molar-refractivity contribution in [2.45, 2.75) is 6.04 Å². The number of likely N-dealkylation sites (N-methyl/N-ethyl adjacent to an activating group) is 2. The zero-order chi connectivity index (χ0) is 13.6. The maximum absolute atomic E-state index is 11.9. The Morgan fingerprint density at radius 1 is 1.42 bits per heavy atom. The van der Waals surface area contributed by atoms with Gasteiger partial charge in [-0.05, 0) is 25.2 Å². The second kappa shape index (κ2) is 4.85. The van der Waals surface area contributed by atoms with Crippen LogP contribution in [-0.2, 0) is 4.79 Å². The van der Waals surface area contributed by atoms with Gasteiger partial charge in [0.05, 0.1) is 22.8 Å². The number of rotatable bonds is 1. The summed E-state index contributed by atoms with van der Waals surface area (Å²) >= 11 is 5.13. The standard InChI is InChI=1S/C13H14BrN3OS/c1-16-6-10(17(2)12(18)7-16)13-15-9-5-8(14)3-4-11(9)19-13/h3-5,10H,6-7H2,1-2H3. The zero-order valence-corrected chi connectivity index (χ0v) is 13.2. The molecule has 1 aromatic carbocycles. The average molecular weight is 340 g/mol. The summed E-state index contributed by atoms with van der Waals surface area (Å²) in [5.74, 6) is 0.152. The fourth-order valence-corrected chi connectivity index (χ4v) is 3.74. The highest BCUT2D eigenvalue weighted by atomic mass is 79.9. The molecular formula is C13H14BrN3OS. The number of hydrogen-bond acceptors (Lipinski definition) is 4. The predicted molar refractivity (Wildman–Crippen MR) is 80.3 cm³/mol. The zero-order valence-electron chi connectivity index (χ0n) is 10.8. The minimum Gasteiger partial charge on any atom is -0.334 e. The molecule has 4 nitrogen and oxygen atoms in total. The van der Waals surface area contributed by atoms with E-state index in [9.17, 15) is 4.79 Å². The molecule has 1 atom stereocenters. The molecule has 0 radical (unpaired) electrons. The van der Waals surface area contributed by atoms with E-state index < -0.39 is 0 Å². The number of carbonyl (C=O) groups excluding carboxylic acids is 1. The van der Waals surface area contributed by atoms with Gasteiger partial charge in [-0.3, -0.25) is 9.69 Å². The lowest BCUT2D eigenvalue weighted by Gasteiger charge is -2.36. The second-order valence-corrected chi connectivity index (χ2v) is 6.86. The molecule has 0 N–H and O–H groups in total. The van der Waals surface area contributed by atoms with Crippen LogP contribution < -0.4 is 0 Å². The lowest BCUT2D eigenvalue weighted by molar-refractivity contribution is -0.137. The van der Waals surface area contributed by atoms with E-state index in [4.69, 9.17) is 0 Å². The Labute approximate surface area is 124 Å². The third-order valence-corrected chi connectivity index (χ3v) is 5.03. The first-order valence-electron chi connectivity index (χ1n) is 6.05. The smallest absolute Gasteiger partial charge is 0.237 e. The lowest BCUT2D eigenvalue weighted by Crippen LogP contribution is -2.48. The van der Waals surface area contributed by atoms with E-state index in [1.165, 1.54) is 0 Å². The second-order valence-electron chi connectivity index (χ2n) is 4.88. The summed E-state index contributed by atoms with van der Waals surface area (Å²) in [5.41, 5.74) is 0.989. The van der Waals surface area contributed by atoms with Gasteiger partial charge in [0, 0.05) is 18.1 Å². The minimum atomic E-state index is 0.0578. The van der Waals surface area contributed by atoms with E-state index in [1.54, 1.807) is 11.3 Å². The topological polar surface area (TPSA) is 36.4 Å². The largest absolute Gasteiger partial charge is 0.334 e. The summed E-state index contributed by atoms with van der Waals surface area (Å²) < 4.78 is 2.19. The first kappa shape index (κ1) is 13.0. The Bertz CT molecular complexity index is 642. The van der Waals surface area contributed by atoms with Crippen molar-refractivity contribution < 1.29 is 4.79 Å². The number of benzene rings is 1. The molecule has 3 rings (SSSR count). The van der Waals surface area contributed by atoms with Crippen LogP contribution in [0, 0.1) is 0 Å². The summed E-state index contributed by atoms with van der Waals surface area (Å²) in [7, 11) is 3.84. The first-order valence-corrected chi connectivity index (χ1v) is 7.66. The van der Waals surface area contributed by atoms with Gasteiger partial charge in [-0.25, -0.2) is 4.98 Å². The fourth-order valence-electron chi connectivity index (χ4n) is 2.30. The third kappa shape index (κ3) is 2.40. The fraction of sp³-hybridized carbons (Fsp3) is 0.385. The van der Waals surface area contributed by atoms with Gasteiger partial charge in [-0.1, -0.05) is 15.9 Å². The van der Waals surface area contributed by atoms with Crippen LogP contribution in [0.25, 0.3) is 10.2 Å². The van der Waals surface area contributed by atoms with Gasteiger partial charge < -0.3 is 4.90 Å². The first-order chi connectivity index (χ1) is 9.04. The van der Waals surface area contributed by atoms with Crippen LogP contribution in [0.5, 0.6) is 0 Å². The summed E-state index contributed by atoms with van der Waals surface area (Å²) in [5, 5.41) is 1.01. The number of halogens is 1. The van der Waals surface area contributed by atoms with Crippen LogP contribution >= 0.6 is 27.3 Å². The summed E-state index contributed by atoms with van der Waals surface area (Å²) in [6.07, 6.45) is 0. The van der Waals surface area contributed by atoms with Crippen LogP contribution in [0.1, 0.15) is 11.0 Å². The maximum Gasteiger partial charge on any atom is 0.237 e. The number of nitrogens with zero attached hydrogens (tertiary/aromatic N) is 3. The highest BCUT2D eigenvalue weighted by Gasteiger charge is 2.31. The lowest BCUT2D eigenvalue weighted by atomic mass is 10.2. The van der Waals surface area contributed by atoms with Crippen molar-refractivity contribution in [1.82, 2.24) is 14.8 Å². The van der Waals surface area contributed by atoms with Gasteiger partial charge in [0.25, 0.3) is 0 Å². The highest BCUT2D eigenvalue weighted by Crippen LogP contribution is 2.32. The van der Waals surface area contributed by atoms with Crippen LogP contribution in [0.2, 0.25) is 0 Å². The molecule has 2 aromatic rings. The summed E-state index contributed by atoms with van der Waals surface area (Å²) in [4.78, 5) is 20.5. The quantitative estimate of drug-likeness (QED) is 0.800. The van der Waals surface area contributed by atoms with Gasteiger partial charge in [0.1, 0.15) is 5.01 Å². The Morgan fingerprint density at radius 3 is 3.00 bits per heavy atom. The molecule has 1 unspecified atom stereocenters. The third-order valence-electron chi connectivity index (χ3n) is 3.40. The Kier molecular flexibility index (Phi) is 3.32. The van der Waals surface area contributed by atoms with Crippen molar-refractivity contribution in [3.8, 4) is 0 Å². The van der Waals surface area contributed by atoms with Crippen molar-refractivity contribution in [2.24, 2.45) is 0 Å². The molecule has 1 aliphatic heterocycles. The molecule has 0 aliphatic carbocycles. The van der Waals surface area contributed by atoms with E-state index in [2.05, 4.69) is 31.9 Å². The molecule has 1 fully saturated rings. The number of amides is 1. The van der Waals surface area contributed by atoms with Gasteiger partial charge in [-0.15, -0.1) is 11.3 Å². The summed E-state index contributed by atoms with van der Waals surface area (Å²) in [6.45, 7) is 1.33. The van der Waals surface area contributed by atoms with Gasteiger partial charge in [0.2, 0.25) is 5.91 Å². The maximum atomic E-state index is 11.9. The van der Waals surface area contributed by atoms with Crippen LogP contribution in [0.3, 0.4) is 0 Å². The normalized spacial score (nSPS) is 21.3. The number of aromatic nitrogens is 1. The average Bonchev–Trinajstić information content (AvgIpc) is 2.76. The molecule has 0 spiro atoms. The van der Waals surface area contributed by atoms with Crippen molar-refractivity contribution in [2.75, 3.05) is 27.2 Å². The molecule has 1 aromatic heterocycles. The van der Waals surface area contributed by atoms with Gasteiger partial charge in [0.15, 0.2) is 0 Å². The number of hydrogen-bond donors (Lipinski definition) is 0. The van der Waals surface area contributed by atoms with E-state index in [-0.39, 0.29) is 11.9 Å². The molecule has 2 heterocycles. The van der Waals surface area contributed by atoms with Gasteiger partial charge >= 0.3 is 0 Å². The summed E-state index contributed by atoms with van der Waals surface area (Å²) in [6, 6.07) is 6.16. The van der Waals surface area contributed by atoms with Crippen molar-refractivity contribution in [1.29, 1.82) is 0 Å². The SMILES string of the molecule is CN1CC(=O)N(C)C(c2nc3cc(Br)ccc3s2)C1. The molecule has 1 saturated heterocycles. The highest BCUT2D eigenvalue weighted by molar-refractivity contribution is 9.10. The predicted octanol–water partition coefficient (Wildman–Crippen LogP) is 2.50. The number of fused-ring (bicyclic) bond motifs is 1. The molecule has 1 amide bonds. The molecule has 100 valence electrons. The van der Waals surface area contributed by atoms with E-state index in [0.29, 0.717) is 6.54 Å². The van der Waals surface area contributed by atoms with Crippen LogP contribution in [-0.4, -0.2) is 47.9 Å². The molecule has 0 bridgehead atoms. The van der Waals surface area contributed by atoms with Crippen molar-refractivity contribution >= 4 is 43.4 Å². The van der Waals surface area contributed by atoms with Gasteiger partial charge in [-0.2, -0.15) is 0 Å². The number of carbonyl (C=O) groups is 1. The van der Waals surface area contributed by atoms with Crippen LogP contribution in [0.15, 0.2) is 22.7 Å². The van der Waals surface area contributed by atoms with Crippen molar-refractivity contribution in [3.63, 3.8) is 0 Å². The minimum absolute atomic E-state index is 0.0578. The van der Waals surface area contributed by atoms with E-state index in [1.807, 2.05) is 31.1 Å². The number of piperazine rings is 1. The molecule has 6 heteroatoms. The van der Waals surface area contributed by atoms with Crippen molar-refractivity contribution in [3.05, 3.63) is 27.7 Å². The number of thiazole rings is 1. The van der Waals surface area contributed by atoms with E-state index in [0.717, 1.165) is 26.2 Å². The molecule has 19 heavy (non-hydrogen) atoms. The Balaban J connectivity index is 2.00. The Morgan fingerprint density at radius 2 is 2.21 bits per heavy atom. The van der Waals surface area contributed by atoms with E-state index >= 15 is 0 Å². The Hall–Kier alpha value is -0.980. The molecule has 1 aliphatic rings. The van der Waals surface area contributed by atoms with Crippen LogP contribution in [0.4, 0.5) is 0 Å². The molecular weight excluding hydrogens is 326 g/mol.